The lowest BCUT2D eigenvalue weighted by Crippen LogP contribution is -2.30. The van der Waals surface area contributed by atoms with Crippen molar-refractivity contribution < 1.29 is 14.7 Å². The zero-order chi connectivity index (χ0) is 21.6. The molecule has 4 rings (SSSR count). The van der Waals surface area contributed by atoms with Crippen molar-refractivity contribution >= 4 is 34.4 Å². The number of rotatable bonds is 5. The number of phenolic OH excluding ortho intramolecular Hbond substituents is 1. The molecule has 0 atom stereocenters. The smallest absolute Gasteiger partial charge is 0.272 e. The third-order valence-electron chi connectivity index (χ3n) is 4.80. The molecule has 3 N–H and O–H groups in total. The van der Waals surface area contributed by atoms with E-state index in [1.807, 2.05) is 48.5 Å². The molecular weight excluding hydrogens is 388 g/mol. The van der Waals surface area contributed by atoms with Crippen molar-refractivity contribution in [1.82, 2.24) is 5.32 Å². The number of amides is 2. The number of hydrogen-bond donors (Lipinski definition) is 3. The van der Waals surface area contributed by atoms with Gasteiger partial charge in [0.15, 0.2) is 0 Å². The van der Waals surface area contributed by atoms with E-state index in [-0.39, 0.29) is 17.1 Å². The van der Waals surface area contributed by atoms with Gasteiger partial charge >= 0.3 is 0 Å². The highest BCUT2D eigenvalue weighted by molar-refractivity contribution is 6.12. The number of anilines is 1. The van der Waals surface area contributed by atoms with Crippen LogP contribution in [0.4, 0.5) is 5.69 Å². The summed E-state index contributed by atoms with van der Waals surface area (Å²) in [7, 11) is 0. The fraction of sp³-hybridized carbons (Fsp3) is 0. The van der Waals surface area contributed by atoms with Gasteiger partial charge in [0.25, 0.3) is 11.8 Å². The number of fused-ring (bicyclic) bond motifs is 1. The van der Waals surface area contributed by atoms with E-state index in [2.05, 4.69) is 10.6 Å². The van der Waals surface area contributed by atoms with Crippen LogP contribution < -0.4 is 10.6 Å². The Labute approximate surface area is 179 Å². The fourth-order valence-electron chi connectivity index (χ4n) is 3.24. The summed E-state index contributed by atoms with van der Waals surface area (Å²) in [6.07, 6.45) is 1.64. The summed E-state index contributed by atoms with van der Waals surface area (Å²) in [4.78, 5) is 25.8. The van der Waals surface area contributed by atoms with Gasteiger partial charge in [-0.05, 0) is 46.7 Å². The lowest BCUT2D eigenvalue weighted by molar-refractivity contribution is -0.113. The first kappa shape index (κ1) is 19.9. The molecule has 0 aliphatic rings. The highest BCUT2D eigenvalue weighted by Gasteiger charge is 2.16. The van der Waals surface area contributed by atoms with Gasteiger partial charge in [0.2, 0.25) is 0 Å². The van der Waals surface area contributed by atoms with Crippen LogP contribution in [0.2, 0.25) is 0 Å². The second-order valence-electron chi connectivity index (χ2n) is 6.92. The predicted molar refractivity (Wildman–Crippen MR) is 123 cm³/mol. The van der Waals surface area contributed by atoms with Crippen molar-refractivity contribution in [3.63, 3.8) is 0 Å². The van der Waals surface area contributed by atoms with E-state index in [0.717, 1.165) is 16.3 Å². The molecule has 2 amide bonds. The van der Waals surface area contributed by atoms with Gasteiger partial charge in [0, 0.05) is 5.56 Å². The first-order valence-electron chi connectivity index (χ1n) is 9.77. The topological polar surface area (TPSA) is 78.4 Å². The Hall–Kier alpha value is -4.38. The monoisotopic (exact) mass is 408 g/mol. The Morgan fingerprint density at radius 2 is 1.42 bits per heavy atom. The lowest BCUT2D eigenvalue weighted by atomic mass is 10.0. The second kappa shape index (κ2) is 8.97. The first-order chi connectivity index (χ1) is 15.1. The first-order valence-corrected chi connectivity index (χ1v) is 9.77. The zero-order valence-corrected chi connectivity index (χ0v) is 16.6. The average Bonchev–Trinajstić information content (AvgIpc) is 2.81. The van der Waals surface area contributed by atoms with Crippen LogP contribution >= 0.6 is 0 Å². The number of nitrogens with one attached hydrogen (secondary N) is 2. The molecule has 0 saturated carbocycles. The van der Waals surface area contributed by atoms with Crippen molar-refractivity contribution in [3.8, 4) is 5.75 Å². The van der Waals surface area contributed by atoms with Gasteiger partial charge in [0.1, 0.15) is 11.4 Å². The highest BCUT2D eigenvalue weighted by Crippen LogP contribution is 2.24. The van der Waals surface area contributed by atoms with E-state index in [1.54, 1.807) is 48.5 Å². The van der Waals surface area contributed by atoms with Gasteiger partial charge in [-0.1, -0.05) is 72.8 Å². The Kier molecular flexibility index (Phi) is 5.76. The van der Waals surface area contributed by atoms with Crippen LogP contribution in [0.5, 0.6) is 5.75 Å². The number of hydrogen-bond acceptors (Lipinski definition) is 3. The van der Waals surface area contributed by atoms with E-state index in [4.69, 9.17) is 0 Å². The molecule has 0 unspecified atom stereocenters. The molecular formula is C26H20N2O3. The normalized spacial score (nSPS) is 11.2. The maximum atomic E-state index is 13.1. The molecule has 0 fully saturated rings. The summed E-state index contributed by atoms with van der Waals surface area (Å²) in [5.41, 5.74) is 1.54. The van der Waals surface area contributed by atoms with E-state index in [9.17, 15) is 14.7 Å². The van der Waals surface area contributed by atoms with Crippen LogP contribution in [0, 0.1) is 0 Å². The van der Waals surface area contributed by atoms with Crippen LogP contribution in [-0.2, 0) is 4.79 Å². The second-order valence-corrected chi connectivity index (χ2v) is 6.92. The summed E-state index contributed by atoms with van der Waals surface area (Å²) in [6, 6.07) is 28.7. The van der Waals surface area contributed by atoms with Crippen LogP contribution in [0.25, 0.3) is 16.8 Å². The summed E-state index contributed by atoms with van der Waals surface area (Å²) < 4.78 is 0. The van der Waals surface area contributed by atoms with Crippen LogP contribution in [0.1, 0.15) is 15.9 Å². The molecule has 0 saturated heterocycles. The average molecular weight is 408 g/mol. The van der Waals surface area contributed by atoms with Gasteiger partial charge in [-0.15, -0.1) is 0 Å². The number of carbonyl (C=O) groups excluding carboxylic acids is 2. The van der Waals surface area contributed by atoms with Crippen LogP contribution in [0.15, 0.2) is 103 Å². The molecule has 31 heavy (non-hydrogen) atoms. The number of carbonyl (C=O) groups is 2. The third kappa shape index (κ3) is 4.62. The molecule has 0 aliphatic carbocycles. The summed E-state index contributed by atoms with van der Waals surface area (Å²) in [5, 5.41) is 17.4. The molecule has 5 nitrogen and oxygen atoms in total. The lowest BCUT2D eigenvalue weighted by Gasteiger charge is -2.13. The van der Waals surface area contributed by atoms with E-state index < -0.39 is 11.8 Å². The zero-order valence-electron chi connectivity index (χ0n) is 16.6. The molecule has 0 aliphatic heterocycles. The number of aromatic hydroxyl groups is 1. The quantitative estimate of drug-likeness (QED) is 0.323. The molecule has 0 heterocycles. The number of benzene rings is 4. The number of phenols is 1. The van der Waals surface area contributed by atoms with Crippen LogP contribution in [0.3, 0.4) is 0 Å². The molecule has 0 spiro atoms. The van der Waals surface area contributed by atoms with Gasteiger partial charge in [-0.25, -0.2) is 0 Å². The van der Waals surface area contributed by atoms with Crippen LogP contribution in [-0.4, -0.2) is 16.9 Å². The fourth-order valence-corrected chi connectivity index (χ4v) is 3.24. The standard InChI is InChI=1S/C26H20N2O3/c29-24-16-7-6-15-22(24)27-26(31)23(28-25(30)19-10-2-1-3-11-19)17-20-13-8-12-18-9-4-5-14-21(18)20/h1-17,29H,(H,27,31)(H,28,30)/b23-17-. The summed E-state index contributed by atoms with van der Waals surface area (Å²) >= 11 is 0. The minimum atomic E-state index is -0.543. The van der Waals surface area contributed by atoms with Crippen molar-refractivity contribution in [2.24, 2.45) is 0 Å². The SMILES string of the molecule is O=C(Nc1ccccc1O)/C(=C/c1cccc2ccccc12)NC(=O)c1ccccc1. The molecule has 4 aromatic carbocycles. The Morgan fingerprint density at radius 3 is 2.23 bits per heavy atom. The van der Waals surface area contributed by atoms with Crippen molar-refractivity contribution in [2.75, 3.05) is 5.32 Å². The maximum Gasteiger partial charge on any atom is 0.272 e. The van der Waals surface area contributed by atoms with E-state index in [1.165, 1.54) is 6.07 Å². The maximum absolute atomic E-state index is 13.1. The van der Waals surface area contributed by atoms with Crippen molar-refractivity contribution in [2.45, 2.75) is 0 Å². The van der Waals surface area contributed by atoms with Gasteiger partial charge in [-0.2, -0.15) is 0 Å². The van der Waals surface area contributed by atoms with Crippen molar-refractivity contribution in [1.29, 1.82) is 0 Å². The molecule has 0 radical (unpaired) electrons. The molecule has 0 aromatic heterocycles. The summed E-state index contributed by atoms with van der Waals surface area (Å²) in [5.74, 6) is -1.01. The van der Waals surface area contributed by atoms with E-state index in [0.29, 0.717) is 5.56 Å². The predicted octanol–water partition coefficient (Wildman–Crippen LogP) is 4.96. The van der Waals surface area contributed by atoms with Gasteiger partial charge in [-0.3, -0.25) is 9.59 Å². The molecule has 0 bridgehead atoms. The minimum absolute atomic E-state index is 0.0604. The molecule has 4 aromatic rings. The highest BCUT2D eigenvalue weighted by atomic mass is 16.3. The van der Waals surface area contributed by atoms with Gasteiger partial charge in [0.05, 0.1) is 5.69 Å². The third-order valence-corrected chi connectivity index (χ3v) is 4.80. The Bertz CT molecular complexity index is 1270. The number of para-hydroxylation sites is 2. The summed E-state index contributed by atoms with van der Waals surface area (Å²) in [6.45, 7) is 0. The Balaban J connectivity index is 1.73. The molecule has 5 heteroatoms. The minimum Gasteiger partial charge on any atom is -0.506 e. The largest absolute Gasteiger partial charge is 0.506 e. The van der Waals surface area contributed by atoms with E-state index >= 15 is 0 Å². The Morgan fingerprint density at radius 1 is 0.742 bits per heavy atom. The van der Waals surface area contributed by atoms with Gasteiger partial charge < -0.3 is 15.7 Å². The molecule has 152 valence electrons. The van der Waals surface area contributed by atoms with Crippen molar-refractivity contribution in [3.05, 3.63) is 114 Å².